The number of benzene rings is 3. The highest BCUT2D eigenvalue weighted by Crippen LogP contribution is 2.42. The molecule has 1 amide bonds. The first-order valence-electron chi connectivity index (χ1n) is 15.1. The number of halogens is 2. The average molecular weight is 608 g/mol. The van der Waals surface area contributed by atoms with Crippen molar-refractivity contribution in [2.45, 2.75) is 62.9 Å². The maximum Gasteiger partial charge on any atom is 0.306 e. The number of amides is 1. The first-order chi connectivity index (χ1) is 20.3. The van der Waals surface area contributed by atoms with E-state index in [2.05, 4.69) is 23.1 Å². The smallest absolute Gasteiger partial charge is 0.306 e. The number of likely N-dealkylation sites (tertiary alicyclic amines) is 2. The third-order valence-electron chi connectivity index (χ3n) is 9.11. The predicted molar refractivity (Wildman–Crippen MR) is 169 cm³/mol. The van der Waals surface area contributed by atoms with Crippen LogP contribution in [0.1, 0.15) is 73.4 Å². The zero-order chi connectivity index (χ0) is 29.6. The second kappa shape index (κ2) is 13.6. The summed E-state index contributed by atoms with van der Waals surface area (Å²) in [5.74, 6) is -0.0718. The Bertz CT molecular complexity index is 1360. The largest absolute Gasteiger partial charge is 0.454 e. The molecule has 2 aliphatic rings. The Kier molecular flexibility index (Phi) is 9.92. The van der Waals surface area contributed by atoms with Gasteiger partial charge in [0.15, 0.2) is 0 Å². The monoisotopic (exact) mass is 606 g/mol. The zero-order valence-corrected chi connectivity index (χ0v) is 25.9. The minimum atomic E-state index is -0.562. The summed E-state index contributed by atoms with van der Waals surface area (Å²) in [4.78, 5) is 30.4. The first-order valence-corrected chi connectivity index (χ1v) is 15.9. The number of ether oxygens (including phenoxy) is 1. The molecule has 0 aliphatic carbocycles. The molecule has 0 N–H and O–H groups in total. The molecule has 2 saturated heterocycles. The van der Waals surface area contributed by atoms with E-state index >= 15 is 0 Å². The molecular formula is C35H40Cl2N2O3. The van der Waals surface area contributed by atoms with Gasteiger partial charge >= 0.3 is 5.97 Å². The number of carbonyl (C=O) groups is 2. The molecule has 0 aromatic heterocycles. The molecule has 5 nitrogen and oxygen atoms in total. The molecule has 0 radical (unpaired) electrons. The van der Waals surface area contributed by atoms with Crippen LogP contribution in [0.2, 0.25) is 10.0 Å². The van der Waals surface area contributed by atoms with E-state index in [1.165, 1.54) is 0 Å². The van der Waals surface area contributed by atoms with Gasteiger partial charge in [0.25, 0.3) is 5.91 Å². The lowest BCUT2D eigenvalue weighted by Crippen LogP contribution is -2.49. The summed E-state index contributed by atoms with van der Waals surface area (Å²) < 4.78 is 6.10. The van der Waals surface area contributed by atoms with Gasteiger partial charge < -0.3 is 14.5 Å². The average Bonchev–Trinajstić information content (AvgIpc) is 3.03. The molecule has 2 heterocycles. The molecule has 0 spiro atoms. The molecule has 1 unspecified atom stereocenters. The molecule has 1 atom stereocenters. The number of rotatable bonds is 9. The minimum Gasteiger partial charge on any atom is -0.454 e. The van der Waals surface area contributed by atoms with E-state index in [1.54, 1.807) is 0 Å². The summed E-state index contributed by atoms with van der Waals surface area (Å²) in [6.45, 7) is 5.93. The molecule has 0 bridgehead atoms. The van der Waals surface area contributed by atoms with Crippen molar-refractivity contribution in [3.8, 4) is 0 Å². The Morgan fingerprint density at radius 1 is 0.833 bits per heavy atom. The van der Waals surface area contributed by atoms with E-state index in [1.807, 2.05) is 72.5 Å². The molecule has 222 valence electrons. The van der Waals surface area contributed by atoms with Gasteiger partial charge in [-0.25, -0.2) is 0 Å². The lowest BCUT2D eigenvalue weighted by molar-refractivity contribution is -0.166. The van der Waals surface area contributed by atoms with Crippen molar-refractivity contribution in [2.75, 3.05) is 32.7 Å². The zero-order valence-electron chi connectivity index (χ0n) is 24.4. The van der Waals surface area contributed by atoms with Crippen LogP contribution in [0, 0.1) is 0 Å². The van der Waals surface area contributed by atoms with Gasteiger partial charge in [-0.2, -0.15) is 0 Å². The highest BCUT2D eigenvalue weighted by atomic mass is 35.5. The lowest BCUT2D eigenvalue weighted by atomic mass is 9.70. The summed E-state index contributed by atoms with van der Waals surface area (Å²) in [6, 6.07) is 25.7. The third-order valence-corrected chi connectivity index (χ3v) is 9.85. The van der Waals surface area contributed by atoms with Gasteiger partial charge in [0.05, 0.1) is 10.0 Å². The summed E-state index contributed by atoms with van der Waals surface area (Å²) in [6.07, 6.45) is 5.78. The van der Waals surface area contributed by atoms with Gasteiger partial charge in [0.1, 0.15) is 5.60 Å². The Morgan fingerprint density at radius 2 is 1.52 bits per heavy atom. The van der Waals surface area contributed by atoms with Gasteiger partial charge in [0, 0.05) is 56.4 Å². The molecule has 3 aromatic carbocycles. The fourth-order valence-corrected chi connectivity index (χ4v) is 7.04. The Labute approximate surface area is 259 Å². The van der Waals surface area contributed by atoms with Crippen LogP contribution in [0.3, 0.4) is 0 Å². The molecule has 3 aromatic rings. The van der Waals surface area contributed by atoms with Crippen molar-refractivity contribution in [3.63, 3.8) is 0 Å². The predicted octanol–water partition coefficient (Wildman–Crippen LogP) is 7.89. The van der Waals surface area contributed by atoms with Crippen LogP contribution in [0.15, 0.2) is 78.9 Å². The van der Waals surface area contributed by atoms with E-state index in [-0.39, 0.29) is 17.3 Å². The van der Waals surface area contributed by atoms with Gasteiger partial charge in [-0.15, -0.1) is 0 Å². The SMILES string of the molecule is CCC(=O)OC1(c2ccccc2)CCN(CCCC2(c3ccc(Cl)c(Cl)c3)CCCN(C(=O)c3ccccc3)C2)CC1. The quantitative estimate of drug-likeness (QED) is 0.232. The maximum atomic E-state index is 13.5. The van der Waals surface area contributed by atoms with Crippen molar-refractivity contribution in [1.29, 1.82) is 0 Å². The number of hydrogen-bond donors (Lipinski definition) is 0. The van der Waals surface area contributed by atoms with Gasteiger partial charge in [-0.3, -0.25) is 9.59 Å². The van der Waals surface area contributed by atoms with Crippen molar-refractivity contribution < 1.29 is 14.3 Å². The van der Waals surface area contributed by atoms with E-state index in [0.29, 0.717) is 23.0 Å². The normalized spacial score (nSPS) is 20.7. The molecule has 2 fully saturated rings. The van der Waals surface area contributed by atoms with Crippen LogP contribution >= 0.6 is 23.2 Å². The third kappa shape index (κ3) is 6.85. The van der Waals surface area contributed by atoms with Gasteiger partial charge in [-0.05, 0) is 67.6 Å². The molecule has 42 heavy (non-hydrogen) atoms. The molecule has 0 saturated carbocycles. The Balaban J connectivity index is 1.28. The van der Waals surface area contributed by atoms with Crippen LogP contribution in [0.4, 0.5) is 0 Å². The second-order valence-corrected chi connectivity index (χ2v) is 12.6. The Hall–Kier alpha value is -2.86. The molecular weight excluding hydrogens is 567 g/mol. The number of nitrogens with zero attached hydrogens (tertiary/aromatic N) is 2. The molecule has 7 heteroatoms. The lowest BCUT2D eigenvalue weighted by Gasteiger charge is -2.45. The fourth-order valence-electron chi connectivity index (χ4n) is 6.74. The Morgan fingerprint density at radius 3 is 2.19 bits per heavy atom. The second-order valence-electron chi connectivity index (χ2n) is 11.7. The van der Waals surface area contributed by atoms with E-state index in [9.17, 15) is 9.59 Å². The summed E-state index contributed by atoms with van der Waals surface area (Å²) in [5.41, 5.74) is 2.19. The van der Waals surface area contributed by atoms with E-state index in [4.69, 9.17) is 27.9 Å². The number of hydrogen-bond acceptors (Lipinski definition) is 4. The molecule has 2 aliphatic heterocycles. The fraction of sp³-hybridized carbons (Fsp3) is 0.429. The summed E-state index contributed by atoms with van der Waals surface area (Å²) >= 11 is 12.8. The van der Waals surface area contributed by atoms with Gasteiger partial charge in [0.2, 0.25) is 0 Å². The van der Waals surface area contributed by atoms with Crippen LogP contribution in [0.5, 0.6) is 0 Å². The number of carbonyl (C=O) groups excluding carboxylic acids is 2. The summed E-state index contributed by atoms with van der Waals surface area (Å²) in [5, 5.41) is 1.09. The first kappa shape index (κ1) is 30.6. The van der Waals surface area contributed by atoms with E-state index in [0.717, 1.165) is 81.4 Å². The minimum absolute atomic E-state index is 0.0784. The number of esters is 1. The van der Waals surface area contributed by atoms with Crippen molar-refractivity contribution in [2.24, 2.45) is 0 Å². The topological polar surface area (TPSA) is 49.9 Å². The van der Waals surface area contributed by atoms with Crippen LogP contribution in [-0.2, 0) is 20.5 Å². The van der Waals surface area contributed by atoms with Crippen LogP contribution < -0.4 is 0 Å². The van der Waals surface area contributed by atoms with Crippen molar-refractivity contribution in [1.82, 2.24) is 9.80 Å². The van der Waals surface area contributed by atoms with Crippen molar-refractivity contribution >= 4 is 35.1 Å². The van der Waals surface area contributed by atoms with Gasteiger partial charge in [-0.1, -0.05) is 84.7 Å². The highest BCUT2D eigenvalue weighted by Gasteiger charge is 2.41. The van der Waals surface area contributed by atoms with Crippen LogP contribution in [0.25, 0.3) is 0 Å². The van der Waals surface area contributed by atoms with E-state index < -0.39 is 5.60 Å². The standard InChI is InChI=1S/C35H40Cl2N2O3/c1-2-32(40)42-35(28-13-7-4-8-14-28)19-23-38(24-20-35)21-9-17-34(29-15-16-30(36)31(37)25-29)18-10-22-39(26-34)33(41)27-11-5-3-6-12-27/h3-8,11-16,25H,2,9-10,17-24,26H2,1H3. The molecule has 5 rings (SSSR count). The maximum absolute atomic E-state index is 13.5. The van der Waals surface area contributed by atoms with Crippen LogP contribution in [-0.4, -0.2) is 54.4 Å². The highest BCUT2D eigenvalue weighted by molar-refractivity contribution is 6.42. The van der Waals surface area contributed by atoms with Crippen molar-refractivity contribution in [3.05, 3.63) is 106 Å². The summed E-state index contributed by atoms with van der Waals surface area (Å²) in [7, 11) is 0. The number of piperidine rings is 2.